The molecule has 0 aliphatic carbocycles. The lowest BCUT2D eigenvalue weighted by atomic mass is 10.0. The number of rotatable bonds is 5. The summed E-state index contributed by atoms with van der Waals surface area (Å²) in [5.74, 6) is 0. The van der Waals surface area contributed by atoms with Gasteiger partial charge in [0.2, 0.25) is 10.0 Å². The first-order valence-corrected chi connectivity index (χ1v) is 12.2. The summed E-state index contributed by atoms with van der Waals surface area (Å²) in [6.45, 7) is 0.551. The summed E-state index contributed by atoms with van der Waals surface area (Å²) in [6.07, 6.45) is -4.43. The molecule has 1 N–H and O–H groups in total. The van der Waals surface area contributed by atoms with Crippen LogP contribution in [0.2, 0.25) is 0 Å². The molecule has 176 valence electrons. The zero-order valence-electron chi connectivity index (χ0n) is 17.2. The van der Waals surface area contributed by atoms with Crippen LogP contribution < -0.4 is 5.32 Å². The summed E-state index contributed by atoms with van der Waals surface area (Å²) >= 11 is 0.936. The summed E-state index contributed by atoms with van der Waals surface area (Å²) in [5, 5.41) is 2.62. The molecular formula is C20H20F3N5O3S2. The van der Waals surface area contributed by atoms with Gasteiger partial charge in [0.25, 0.3) is 0 Å². The van der Waals surface area contributed by atoms with Crippen molar-refractivity contribution >= 4 is 38.8 Å². The first kappa shape index (κ1) is 23.4. The number of halogens is 3. The van der Waals surface area contributed by atoms with Crippen molar-refractivity contribution in [3.63, 3.8) is 0 Å². The Labute approximate surface area is 192 Å². The second-order valence-corrected chi connectivity index (χ2v) is 9.85. The van der Waals surface area contributed by atoms with Crippen LogP contribution in [0.4, 0.5) is 18.0 Å². The van der Waals surface area contributed by atoms with Gasteiger partial charge in [0.1, 0.15) is 15.9 Å². The van der Waals surface area contributed by atoms with Crippen LogP contribution >= 0.6 is 11.7 Å². The fourth-order valence-electron chi connectivity index (χ4n) is 3.69. The monoisotopic (exact) mass is 499 g/mol. The van der Waals surface area contributed by atoms with Gasteiger partial charge in [-0.15, -0.1) is 0 Å². The predicted octanol–water partition coefficient (Wildman–Crippen LogP) is 2.97. The Hall–Kier alpha value is -2.77. The van der Waals surface area contributed by atoms with Gasteiger partial charge < -0.3 is 10.2 Å². The molecule has 0 atom stereocenters. The SMILES string of the molecule is O=C(NCCc1ccccc1C(F)(F)F)N1CCN(S(=O)(=O)c2cccc3nsnc23)CC1. The second kappa shape index (κ2) is 9.23. The van der Waals surface area contributed by atoms with Crippen molar-refractivity contribution in [3.05, 3.63) is 53.6 Å². The lowest BCUT2D eigenvalue weighted by Gasteiger charge is -2.34. The number of piperazine rings is 1. The molecule has 0 saturated carbocycles. The summed E-state index contributed by atoms with van der Waals surface area (Å²) in [5.41, 5.74) is 0.211. The Morgan fingerprint density at radius 1 is 1.03 bits per heavy atom. The molecule has 0 spiro atoms. The topological polar surface area (TPSA) is 95.5 Å². The number of aromatic nitrogens is 2. The number of carbonyl (C=O) groups is 1. The zero-order chi connectivity index (χ0) is 23.6. The van der Waals surface area contributed by atoms with Crippen LogP contribution in [-0.4, -0.2) is 65.1 Å². The van der Waals surface area contributed by atoms with E-state index in [-0.39, 0.29) is 49.6 Å². The van der Waals surface area contributed by atoms with Crippen LogP contribution in [0.15, 0.2) is 47.4 Å². The molecule has 2 aromatic carbocycles. The third kappa shape index (κ3) is 4.94. The van der Waals surface area contributed by atoms with Crippen LogP contribution in [0.5, 0.6) is 0 Å². The van der Waals surface area contributed by atoms with Crippen LogP contribution in [0.3, 0.4) is 0 Å². The number of alkyl halides is 3. The van der Waals surface area contributed by atoms with Gasteiger partial charge in [-0.3, -0.25) is 0 Å². The number of benzene rings is 2. The third-order valence-electron chi connectivity index (χ3n) is 5.39. The molecule has 13 heteroatoms. The maximum absolute atomic E-state index is 13.1. The number of amides is 2. The lowest BCUT2D eigenvalue weighted by Crippen LogP contribution is -2.53. The minimum absolute atomic E-state index is 0.0292. The number of hydrogen-bond donors (Lipinski definition) is 1. The summed E-state index contributed by atoms with van der Waals surface area (Å²) in [4.78, 5) is 14.0. The molecular weight excluding hydrogens is 479 g/mol. The molecule has 1 aliphatic rings. The molecule has 8 nitrogen and oxygen atoms in total. The first-order chi connectivity index (χ1) is 15.7. The second-order valence-electron chi connectivity index (χ2n) is 7.42. The van der Waals surface area contributed by atoms with Gasteiger partial charge in [0.05, 0.1) is 17.3 Å². The highest BCUT2D eigenvalue weighted by Crippen LogP contribution is 2.32. The highest BCUT2D eigenvalue weighted by atomic mass is 32.2. The summed E-state index contributed by atoms with van der Waals surface area (Å²) in [6, 6.07) is 9.58. The van der Waals surface area contributed by atoms with E-state index in [0.717, 1.165) is 17.8 Å². The van der Waals surface area contributed by atoms with Crippen molar-refractivity contribution in [2.24, 2.45) is 0 Å². The third-order valence-corrected chi connectivity index (χ3v) is 7.86. The zero-order valence-corrected chi connectivity index (χ0v) is 18.9. The van der Waals surface area contributed by atoms with E-state index >= 15 is 0 Å². The Morgan fingerprint density at radius 2 is 1.76 bits per heavy atom. The maximum atomic E-state index is 13.1. The van der Waals surface area contributed by atoms with Gasteiger partial charge in [-0.25, -0.2) is 13.2 Å². The quantitative estimate of drug-likeness (QED) is 0.583. The van der Waals surface area contributed by atoms with Crippen LogP contribution in [0, 0.1) is 0 Å². The Morgan fingerprint density at radius 3 is 2.48 bits per heavy atom. The van der Waals surface area contributed by atoms with Gasteiger partial charge in [-0.1, -0.05) is 24.3 Å². The molecule has 1 saturated heterocycles. The van der Waals surface area contributed by atoms with Crippen molar-refractivity contribution in [1.29, 1.82) is 0 Å². The molecule has 1 aromatic heterocycles. The Bertz CT molecular complexity index is 1260. The number of sulfonamides is 1. The van der Waals surface area contributed by atoms with Crippen molar-refractivity contribution in [2.75, 3.05) is 32.7 Å². The van der Waals surface area contributed by atoms with Crippen molar-refractivity contribution < 1.29 is 26.4 Å². The lowest BCUT2D eigenvalue weighted by molar-refractivity contribution is -0.138. The number of nitrogens with zero attached hydrogens (tertiary/aromatic N) is 4. The van der Waals surface area contributed by atoms with E-state index in [1.54, 1.807) is 12.1 Å². The molecule has 2 heterocycles. The number of urea groups is 1. The predicted molar refractivity (Wildman–Crippen MR) is 116 cm³/mol. The summed E-state index contributed by atoms with van der Waals surface area (Å²) < 4.78 is 74.9. The number of carbonyl (C=O) groups excluding carboxylic acids is 1. The van der Waals surface area contributed by atoms with Crippen LogP contribution in [0.25, 0.3) is 11.0 Å². The molecule has 3 aromatic rings. The number of nitrogens with one attached hydrogen (secondary N) is 1. The van der Waals surface area contributed by atoms with E-state index in [2.05, 4.69) is 14.1 Å². The van der Waals surface area contributed by atoms with Crippen molar-refractivity contribution in [3.8, 4) is 0 Å². The molecule has 1 aliphatic heterocycles. The Kier molecular flexibility index (Phi) is 6.54. The van der Waals surface area contributed by atoms with Gasteiger partial charge >= 0.3 is 12.2 Å². The molecule has 0 unspecified atom stereocenters. The number of hydrogen-bond acceptors (Lipinski definition) is 6. The van der Waals surface area contributed by atoms with Gasteiger partial charge in [-0.2, -0.15) is 26.2 Å². The average molecular weight is 500 g/mol. The Balaban J connectivity index is 1.33. The van der Waals surface area contributed by atoms with Crippen LogP contribution in [0.1, 0.15) is 11.1 Å². The van der Waals surface area contributed by atoms with E-state index in [9.17, 15) is 26.4 Å². The normalized spacial score (nSPS) is 15.7. The number of fused-ring (bicyclic) bond motifs is 1. The van der Waals surface area contributed by atoms with E-state index in [4.69, 9.17) is 0 Å². The minimum atomic E-state index is -4.46. The highest BCUT2D eigenvalue weighted by Gasteiger charge is 2.33. The fourth-order valence-corrected chi connectivity index (χ4v) is 5.87. The van der Waals surface area contributed by atoms with E-state index in [0.29, 0.717) is 11.0 Å². The maximum Gasteiger partial charge on any atom is 0.416 e. The largest absolute Gasteiger partial charge is 0.416 e. The smallest absolute Gasteiger partial charge is 0.338 e. The van der Waals surface area contributed by atoms with Gasteiger partial charge in [0.15, 0.2) is 0 Å². The van der Waals surface area contributed by atoms with E-state index < -0.39 is 27.8 Å². The van der Waals surface area contributed by atoms with Crippen molar-refractivity contribution in [2.45, 2.75) is 17.5 Å². The average Bonchev–Trinajstić information content (AvgIpc) is 3.27. The van der Waals surface area contributed by atoms with E-state index in [1.807, 2.05) is 0 Å². The van der Waals surface area contributed by atoms with Crippen LogP contribution in [-0.2, 0) is 22.6 Å². The molecule has 1 fully saturated rings. The first-order valence-electron chi connectivity index (χ1n) is 10.1. The summed E-state index contributed by atoms with van der Waals surface area (Å²) in [7, 11) is -3.81. The van der Waals surface area contributed by atoms with Gasteiger partial charge in [0, 0.05) is 32.7 Å². The molecule has 4 rings (SSSR count). The highest BCUT2D eigenvalue weighted by molar-refractivity contribution is 7.89. The molecule has 2 amide bonds. The van der Waals surface area contributed by atoms with Crippen molar-refractivity contribution in [1.82, 2.24) is 23.3 Å². The van der Waals surface area contributed by atoms with E-state index in [1.165, 1.54) is 33.5 Å². The van der Waals surface area contributed by atoms with Gasteiger partial charge in [-0.05, 0) is 30.2 Å². The minimum Gasteiger partial charge on any atom is -0.338 e. The molecule has 0 radical (unpaired) electrons. The molecule has 33 heavy (non-hydrogen) atoms. The standard InChI is InChI=1S/C20H20F3N5O3S2/c21-20(22,23)15-5-2-1-4-14(15)8-9-24-19(29)27-10-12-28(13-11-27)33(30,31)17-7-3-6-16-18(17)26-32-25-16/h1-7H,8-13H2,(H,24,29). The fraction of sp³-hybridized carbons (Fsp3) is 0.350. The molecule has 0 bridgehead atoms.